The van der Waals surface area contributed by atoms with Crippen molar-refractivity contribution in [3.05, 3.63) is 54.0 Å². The Kier molecular flexibility index (Phi) is 5.85. The summed E-state index contributed by atoms with van der Waals surface area (Å²) in [6, 6.07) is 9.21. The molecule has 22 heavy (non-hydrogen) atoms. The summed E-state index contributed by atoms with van der Waals surface area (Å²) in [5, 5.41) is 2.79. The van der Waals surface area contributed by atoms with Crippen molar-refractivity contribution in [2.24, 2.45) is 5.73 Å². The molecule has 0 bridgehead atoms. The number of halogens is 1. The molecule has 0 saturated heterocycles. The summed E-state index contributed by atoms with van der Waals surface area (Å²) in [4.78, 5) is 15.6. The molecule has 6 heteroatoms. The molecule has 1 aromatic carbocycles. The van der Waals surface area contributed by atoms with Crippen LogP contribution in [0.4, 0.5) is 4.39 Å². The van der Waals surface area contributed by atoms with Gasteiger partial charge in [-0.3, -0.25) is 4.79 Å². The smallest absolute Gasteiger partial charge is 0.220 e. The topological polar surface area (TPSA) is 77.2 Å². The van der Waals surface area contributed by atoms with Crippen molar-refractivity contribution in [2.75, 3.05) is 6.54 Å². The Morgan fingerprint density at radius 1 is 1.23 bits per heavy atom. The van der Waals surface area contributed by atoms with Crippen molar-refractivity contribution in [3.8, 4) is 11.6 Å². The predicted molar refractivity (Wildman–Crippen MR) is 80.8 cm³/mol. The van der Waals surface area contributed by atoms with Gasteiger partial charge in [-0.15, -0.1) is 0 Å². The van der Waals surface area contributed by atoms with Gasteiger partial charge >= 0.3 is 0 Å². The minimum atomic E-state index is -0.318. The van der Waals surface area contributed by atoms with Gasteiger partial charge in [0, 0.05) is 25.2 Å². The molecule has 0 aliphatic heterocycles. The van der Waals surface area contributed by atoms with Crippen LogP contribution in [0.1, 0.15) is 18.4 Å². The van der Waals surface area contributed by atoms with Gasteiger partial charge in [-0.2, -0.15) is 0 Å². The summed E-state index contributed by atoms with van der Waals surface area (Å²) in [5.41, 5.74) is 6.22. The lowest BCUT2D eigenvalue weighted by molar-refractivity contribution is -0.121. The number of hydrogen-bond donors (Lipinski definition) is 2. The minimum absolute atomic E-state index is 0.0305. The van der Waals surface area contributed by atoms with Crippen molar-refractivity contribution in [1.29, 1.82) is 0 Å². The standard InChI is InChI=1S/C16H18FN3O2/c17-13-4-6-14(7-5-13)22-16-8-3-12(11-20-16)10-19-15(21)2-1-9-18/h3-8,11H,1-2,9-10,18H2,(H,19,21). The van der Waals surface area contributed by atoms with E-state index in [0.717, 1.165) is 5.56 Å². The molecule has 1 heterocycles. The second-order valence-electron chi connectivity index (χ2n) is 4.73. The monoisotopic (exact) mass is 303 g/mol. The third kappa shape index (κ3) is 5.14. The third-order valence-electron chi connectivity index (χ3n) is 2.93. The second-order valence-corrected chi connectivity index (χ2v) is 4.73. The van der Waals surface area contributed by atoms with Crippen LogP contribution in [-0.4, -0.2) is 17.4 Å². The van der Waals surface area contributed by atoms with Gasteiger partial charge in [-0.25, -0.2) is 9.37 Å². The van der Waals surface area contributed by atoms with Crippen LogP contribution in [0, 0.1) is 5.82 Å². The van der Waals surface area contributed by atoms with Gasteiger partial charge in [0.25, 0.3) is 0 Å². The van der Waals surface area contributed by atoms with E-state index in [1.165, 1.54) is 24.3 Å². The maximum atomic E-state index is 12.8. The molecule has 0 atom stereocenters. The van der Waals surface area contributed by atoms with Crippen LogP contribution in [-0.2, 0) is 11.3 Å². The number of hydrogen-bond acceptors (Lipinski definition) is 4. The van der Waals surface area contributed by atoms with Gasteiger partial charge in [-0.05, 0) is 42.8 Å². The first-order valence-corrected chi connectivity index (χ1v) is 7.02. The van der Waals surface area contributed by atoms with Crippen molar-refractivity contribution >= 4 is 5.91 Å². The van der Waals surface area contributed by atoms with Crippen molar-refractivity contribution < 1.29 is 13.9 Å². The molecule has 2 rings (SSSR count). The number of carbonyl (C=O) groups excluding carboxylic acids is 1. The predicted octanol–water partition coefficient (Wildman–Crippen LogP) is 2.37. The van der Waals surface area contributed by atoms with Gasteiger partial charge in [0.15, 0.2) is 0 Å². The number of carbonyl (C=O) groups is 1. The van der Waals surface area contributed by atoms with Gasteiger partial charge in [-0.1, -0.05) is 6.07 Å². The van der Waals surface area contributed by atoms with Crippen molar-refractivity contribution in [2.45, 2.75) is 19.4 Å². The lowest BCUT2D eigenvalue weighted by Gasteiger charge is -2.07. The van der Waals surface area contributed by atoms with E-state index < -0.39 is 0 Å². The number of rotatable bonds is 7. The molecule has 1 amide bonds. The zero-order valence-corrected chi connectivity index (χ0v) is 12.1. The maximum absolute atomic E-state index is 12.8. The van der Waals surface area contributed by atoms with Gasteiger partial charge in [0.2, 0.25) is 11.8 Å². The van der Waals surface area contributed by atoms with E-state index in [1.54, 1.807) is 12.3 Å². The summed E-state index contributed by atoms with van der Waals surface area (Å²) in [6.07, 6.45) is 2.73. The number of nitrogens with zero attached hydrogens (tertiary/aromatic N) is 1. The van der Waals surface area contributed by atoms with Crippen molar-refractivity contribution in [3.63, 3.8) is 0 Å². The highest BCUT2D eigenvalue weighted by Crippen LogP contribution is 2.19. The highest BCUT2D eigenvalue weighted by Gasteiger charge is 2.03. The summed E-state index contributed by atoms with van der Waals surface area (Å²) >= 11 is 0. The lowest BCUT2D eigenvalue weighted by Crippen LogP contribution is -2.23. The van der Waals surface area contributed by atoms with E-state index >= 15 is 0 Å². The molecule has 0 saturated carbocycles. The van der Waals surface area contributed by atoms with E-state index in [4.69, 9.17) is 10.5 Å². The number of benzene rings is 1. The van der Waals surface area contributed by atoms with Crippen LogP contribution in [0.15, 0.2) is 42.6 Å². The number of amides is 1. The quantitative estimate of drug-likeness (QED) is 0.823. The number of ether oxygens (including phenoxy) is 1. The zero-order chi connectivity index (χ0) is 15.8. The molecule has 0 unspecified atom stereocenters. The largest absolute Gasteiger partial charge is 0.439 e. The van der Waals surface area contributed by atoms with E-state index in [0.29, 0.717) is 37.6 Å². The van der Waals surface area contributed by atoms with Crippen LogP contribution in [0.2, 0.25) is 0 Å². The fourth-order valence-corrected chi connectivity index (χ4v) is 1.75. The molecule has 0 aliphatic rings. The van der Waals surface area contributed by atoms with E-state index in [2.05, 4.69) is 10.3 Å². The fraction of sp³-hybridized carbons (Fsp3) is 0.250. The van der Waals surface area contributed by atoms with E-state index in [1.807, 2.05) is 6.07 Å². The Hall–Kier alpha value is -2.47. The first-order chi connectivity index (χ1) is 10.7. The summed E-state index contributed by atoms with van der Waals surface area (Å²) in [5.74, 6) is 0.569. The molecular weight excluding hydrogens is 285 g/mol. The highest BCUT2D eigenvalue weighted by molar-refractivity contribution is 5.75. The van der Waals surface area contributed by atoms with Crippen LogP contribution >= 0.6 is 0 Å². The van der Waals surface area contributed by atoms with Crippen LogP contribution in [0.25, 0.3) is 0 Å². The highest BCUT2D eigenvalue weighted by atomic mass is 19.1. The van der Waals surface area contributed by atoms with Crippen LogP contribution in [0.3, 0.4) is 0 Å². The molecule has 0 spiro atoms. The average Bonchev–Trinajstić information content (AvgIpc) is 2.54. The van der Waals surface area contributed by atoms with Gasteiger partial charge in [0.05, 0.1) is 0 Å². The molecule has 0 aliphatic carbocycles. The Balaban J connectivity index is 1.85. The van der Waals surface area contributed by atoms with Gasteiger partial charge in [0.1, 0.15) is 11.6 Å². The molecule has 116 valence electrons. The molecule has 5 nitrogen and oxygen atoms in total. The third-order valence-corrected chi connectivity index (χ3v) is 2.93. The Labute approximate surface area is 128 Å². The summed E-state index contributed by atoms with van der Waals surface area (Å²) < 4.78 is 18.3. The molecule has 3 N–H and O–H groups in total. The molecule has 2 aromatic rings. The molecular formula is C16H18FN3O2. The number of aromatic nitrogens is 1. The SMILES string of the molecule is NCCCC(=O)NCc1ccc(Oc2ccc(F)cc2)nc1. The van der Waals surface area contributed by atoms with Crippen molar-refractivity contribution in [1.82, 2.24) is 10.3 Å². The number of nitrogens with one attached hydrogen (secondary N) is 1. The molecule has 0 fully saturated rings. The van der Waals surface area contributed by atoms with Crippen LogP contribution < -0.4 is 15.8 Å². The van der Waals surface area contributed by atoms with E-state index in [9.17, 15) is 9.18 Å². The maximum Gasteiger partial charge on any atom is 0.220 e. The zero-order valence-electron chi connectivity index (χ0n) is 12.1. The first kappa shape index (κ1) is 15.9. The second kappa shape index (κ2) is 8.09. The summed E-state index contributed by atoms with van der Waals surface area (Å²) in [6.45, 7) is 0.914. The minimum Gasteiger partial charge on any atom is -0.439 e. The average molecular weight is 303 g/mol. The number of nitrogens with two attached hydrogens (primary N) is 1. The van der Waals surface area contributed by atoms with Gasteiger partial charge < -0.3 is 15.8 Å². The normalized spacial score (nSPS) is 10.3. The lowest BCUT2D eigenvalue weighted by atomic mass is 10.2. The Morgan fingerprint density at radius 2 is 2.00 bits per heavy atom. The Bertz CT molecular complexity index is 600. The van der Waals surface area contributed by atoms with Crippen LogP contribution in [0.5, 0.6) is 11.6 Å². The first-order valence-electron chi connectivity index (χ1n) is 7.02. The fourth-order valence-electron chi connectivity index (χ4n) is 1.75. The Morgan fingerprint density at radius 3 is 2.64 bits per heavy atom. The summed E-state index contributed by atoms with van der Waals surface area (Å²) in [7, 11) is 0. The molecule has 0 radical (unpaired) electrons. The number of pyridine rings is 1. The van der Waals surface area contributed by atoms with E-state index in [-0.39, 0.29) is 11.7 Å². The molecule has 1 aromatic heterocycles.